The highest BCUT2D eigenvalue weighted by Gasteiger charge is 2.27. The highest BCUT2D eigenvalue weighted by Crippen LogP contribution is 2.30. The van der Waals surface area contributed by atoms with Crippen LogP contribution in [0.25, 0.3) is 0 Å². The second kappa shape index (κ2) is 4.27. The van der Waals surface area contributed by atoms with E-state index in [2.05, 4.69) is 12.2 Å². The molecule has 1 rings (SSSR count). The summed E-state index contributed by atoms with van der Waals surface area (Å²) in [5, 5.41) is 11.2. The van der Waals surface area contributed by atoms with Gasteiger partial charge in [0.05, 0.1) is 6.07 Å². The molecule has 1 amide bonds. The second-order valence-electron chi connectivity index (χ2n) is 3.97. The zero-order valence-electron chi connectivity index (χ0n) is 8.21. The van der Waals surface area contributed by atoms with Gasteiger partial charge in [0.1, 0.15) is 6.04 Å². The summed E-state index contributed by atoms with van der Waals surface area (Å²) in [4.78, 5) is 11.5. The van der Waals surface area contributed by atoms with Crippen LogP contribution in [0.2, 0.25) is 0 Å². The smallest absolute Gasteiger partial charge is 0.224 e. The van der Waals surface area contributed by atoms with E-state index in [0.29, 0.717) is 5.92 Å². The third kappa shape index (κ3) is 2.73. The Morgan fingerprint density at radius 1 is 1.62 bits per heavy atom. The van der Waals surface area contributed by atoms with Gasteiger partial charge in [-0.1, -0.05) is 6.92 Å². The molecule has 1 saturated carbocycles. The van der Waals surface area contributed by atoms with Gasteiger partial charge in [0.2, 0.25) is 5.91 Å². The first kappa shape index (κ1) is 10.0. The van der Waals surface area contributed by atoms with Crippen LogP contribution in [0.1, 0.15) is 33.1 Å². The molecule has 3 nitrogen and oxygen atoms in total. The number of carbonyl (C=O) groups is 1. The molecule has 13 heavy (non-hydrogen) atoms. The third-order valence-corrected chi connectivity index (χ3v) is 2.62. The molecule has 0 spiro atoms. The first-order valence-electron chi connectivity index (χ1n) is 4.83. The van der Waals surface area contributed by atoms with Crippen LogP contribution in [0.15, 0.2) is 0 Å². The highest BCUT2D eigenvalue weighted by atomic mass is 16.1. The standard InChI is InChI=1S/C10H16N2O/c1-7-3-4-9(5-7)10(13)12-8(2)6-11/h7-9H,3-5H2,1-2H3,(H,12,13)/t7?,8-,9?/m0/s1. The number of hydrogen-bond donors (Lipinski definition) is 1. The van der Waals surface area contributed by atoms with Gasteiger partial charge in [-0.25, -0.2) is 0 Å². The summed E-state index contributed by atoms with van der Waals surface area (Å²) in [6, 6.07) is 1.64. The molecule has 1 aliphatic carbocycles. The molecule has 0 saturated heterocycles. The van der Waals surface area contributed by atoms with Crippen LogP contribution >= 0.6 is 0 Å². The van der Waals surface area contributed by atoms with Crippen LogP contribution in [0, 0.1) is 23.2 Å². The maximum atomic E-state index is 11.5. The molecular weight excluding hydrogens is 164 g/mol. The van der Waals surface area contributed by atoms with Gasteiger partial charge in [0.25, 0.3) is 0 Å². The quantitative estimate of drug-likeness (QED) is 0.699. The van der Waals surface area contributed by atoms with Crippen LogP contribution in [0.4, 0.5) is 0 Å². The van der Waals surface area contributed by atoms with E-state index < -0.39 is 0 Å². The molecule has 0 aromatic heterocycles. The summed E-state index contributed by atoms with van der Waals surface area (Å²) in [5.41, 5.74) is 0. The van der Waals surface area contributed by atoms with Gasteiger partial charge in [0.15, 0.2) is 0 Å². The van der Waals surface area contributed by atoms with Gasteiger partial charge in [-0.3, -0.25) is 4.79 Å². The van der Waals surface area contributed by atoms with Crippen molar-refractivity contribution in [2.24, 2.45) is 11.8 Å². The maximum Gasteiger partial charge on any atom is 0.224 e. The van der Waals surface area contributed by atoms with Crippen LogP contribution < -0.4 is 5.32 Å². The normalized spacial score (nSPS) is 29.3. The summed E-state index contributed by atoms with van der Waals surface area (Å²) in [7, 11) is 0. The summed E-state index contributed by atoms with van der Waals surface area (Å²) in [5.74, 6) is 0.859. The molecule has 3 heteroatoms. The summed E-state index contributed by atoms with van der Waals surface area (Å²) >= 11 is 0. The topological polar surface area (TPSA) is 52.9 Å². The Bertz CT molecular complexity index is 232. The largest absolute Gasteiger partial charge is 0.340 e. The highest BCUT2D eigenvalue weighted by molar-refractivity contribution is 5.79. The number of rotatable bonds is 2. The Morgan fingerprint density at radius 2 is 2.31 bits per heavy atom. The number of nitriles is 1. The Hall–Kier alpha value is -1.04. The molecule has 0 aromatic carbocycles. The van der Waals surface area contributed by atoms with Crippen molar-refractivity contribution in [2.75, 3.05) is 0 Å². The molecule has 1 N–H and O–H groups in total. The average Bonchev–Trinajstić information content (AvgIpc) is 2.51. The minimum atomic E-state index is -0.358. The van der Waals surface area contributed by atoms with Crippen LogP contribution in [0.3, 0.4) is 0 Å². The molecule has 0 bridgehead atoms. The molecule has 0 radical (unpaired) electrons. The van der Waals surface area contributed by atoms with Crippen molar-refractivity contribution in [3.05, 3.63) is 0 Å². The molecule has 1 fully saturated rings. The van der Waals surface area contributed by atoms with E-state index in [-0.39, 0.29) is 17.9 Å². The maximum absolute atomic E-state index is 11.5. The van der Waals surface area contributed by atoms with E-state index in [1.165, 1.54) is 0 Å². The Morgan fingerprint density at radius 3 is 2.77 bits per heavy atom. The van der Waals surface area contributed by atoms with E-state index in [0.717, 1.165) is 19.3 Å². The Kier molecular flexibility index (Phi) is 3.30. The lowest BCUT2D eigenvalue weighted by molar-refractivity contribution is -0.125. The third-order valence-electron chi connectivity index (χ3n) is 2.62. The number of hydrogen-bond acceptors (Lipinski definition) is 2. The predicted octanol–water partition coefficient (Wildman–Crippen LogP) is 1.45. The fourth-order valence-electron chi connectivity index (χ4n) is 1.81. The van der Waals surface area contributed by atoms with Crippen molar-refractivity contribution in [3.63, 3.8) is 0 Å². The van der Waals surface area contributed by atoms with E-state index in [4.69, 9.17) is 5.26 Å². The van der Waals surface area contributed by atoms with Gasteiger partial charge in [0, 0.05) is 5.92 Å². The summed E-state index contributed by atoms with van der Waals surface area (Å²) < 4.78 is 0. The molecule has 1 aliphatic rings. The van der Waals surface area contributed by atoms with Gasteiger partial charge in [-0.2, -0.15) is 5.26 Å². The predicted molar refractivity (Wildman–Crippen MR) is 49.7 cm³/mol. The molecule has 72 valence electrons. The zero-order valence-corrected chi connectivity index (χ0v) is 8.21. The van der Waals surface area contributed by atoms with Crippen LogP contribution in [-0.4, -0.2) is 11.9 Å². The second-order valence-corrected chi connectivity index (χ2v) is 3.97. The van der Waals surface area contributed by atoms with E-state index in [9.17, 15) is 4.79 Å². The van der Waals surface area contributed by atoms with Crippen LogP contribution in [0.5, 0.6) is 0 Å². The van der Waals surface area contributed by atoms with Gasteiger partial charge < -0.3 is 5.32 Å². The molecule has 0 heterocycles. The number of nitrogens with one attached hydrogen (secondary N) is 1. The van der Waals surface area contributed by atoms with Crippen molar-refractivity contribution < 1.29 is 4.79 Å². The SMILES string of the molecule is CC1CCC(C(=O)N[C@@H](C)C#N)C1. The lowest BCUT2D eigenvalue weighted by atomic mass is 10.1. The minimum absolute atomic E-state index is 0.0541. The van der Waals surface area contributed by atoms with Crippen molar-refractivity contribution >= 4 is 5.91 Å². The first-order valence-corrected chi connectivity index (χ1v) is 4.83. The Balaban J connectivity index is 2.37. The molecule has 2 unspecified atom stereocenters. The number of carbonyl (C=O) groups excluding carboxylic acids is 1. The van der Waals surface area contributed by atoms with E-state index in [1.54, 1.807) is 6.92 Å². The number of amides is 1. The minimum Gasteiger partial charge on any atom is -0.340 e. The summed E-state index contributed by atoms with van der Waals surface area (Å²) in [6.07, 6.45) is 3.09. The fraction of sp³-hybridized carbons (Fsp3) is 0.800. The first-order chi connectivity index (χ1) is 6.13. The Labute approximate surface area is 79.1 Å². The molecule has 0 aliphatic heterocycles. The molecular formula is C10H16N2O. The van der Waals surface area contributed by atoms with Gasteiger partial charge in [-0.05, 0) is 32.1 Å². The van der Waals surface area contributed by atoms with Gasteiger partial charge in [-0.15, -0.1) is 0 Å². The zero-order chi connectivity index (χ0) is 9.84. The summed E-state index contributed by atoms with van der Waals surface area (Å²) in [6.45, 7) is 3.87. The van der Waals surface area contributed by atoms with Crippen molar-refractivity contribution in [2.45, 2.75) is 39.2 Å². The lowest BCUT2D eigenvalue weighted by Gasteiger charge is -2.11. The van der Waals surface area contributed by atoms with E-state index in [1.807, 2.05) is 6.07 Å². The molecule has 0 aromatic rings. The fourth-order valence-corrected chi connectivity index (χ4v) is 1.81. The lowest BCUT2D eigenvalue weighted by Crippen LogP contribution is -2.35. The van der Waals surface area contributed by atoms with Crippen molar-refractivity contribution in [1.29, 1.82) is 5.26 Å². The van der Waals surface area contributed by atoms with E-state index >= 15 is 0 Å². The monoisotopic (exact) mass is 180 g/mol. The van der Waals surface area contributed by atoms with Crippen molar-refractivity contribution in [3.8, 4) is 6.07 Å². The van der Waals surface area contributed by atoms with Crippen molar-refractivity contribution in [1.82, 2.24) is 5.32 Å². The van der Waals surface area contributed by atoms with Gasteiger partial charge >= 0.3 is 0 Å². The molecule has 3 atom stereocenters. The number of nitrogens with zero attached hydrogens (tertiary/aromatic N) is 1. The van der Waals surface area contributed by atoms with Crippen LogP contribution in [-0.2, 0) is 4.79 Å². The average molecular weight is 180 g/mol.